The standard InChI is InChI=1S/C10H12INO/c1-6-5-9(12)7-3-2-4-8(11)10(7)13-6/h2-4,6,9H,5,12H2,1H3. The summed E-state index contributed by atoms with van der Waals surface area (Å²) in [6.45, 7) is 2.06. The van der Waals surface area contributed by atoms with E-state index in [2.05, 4.69) is 29.5 Å². The van der Waals surface area contributed by atoms with Crippen molar-refractivity contribution in [2.75, 3.05) is 0 Å². The number of hydrogen-bond acceptors (Lipinski definition) is 2. The smallest absolute Gasteiger partial charge is 0.137 e. The van der Waals surface area contributed by atoms with Gasteiger partial charge in [0, 0.05) is 18.0 Å². The van der Waals surface area contributed by atoms with Gasteiger partial charge in [-0.1, -0.05) is 12.1 Å². The molecule has 0 aromatic heterocycles. The SMILES string of the molecule is CC1CC(N)c2cccc(I)c2O1. The Morgan fingerprint density at radius 3 is 3.08 bits per heavy atom. The van der Waals surface area contributed by atoms with Crippen LogP contribution in [-0.4, -0.2) is 6.10 Å². The van der Waals surface area contributed by atoms with Crippen molar-refractivity contribution in [1.29, 1.82) is 0 Å². The van der Waals surface area contributed by atoms with Gasteiger partial charge in [0.25, 0.3) is 0 Å². The number of ether oxygens (including phenoxy) is 1. The van der Waals surface area contributed by atoms with E-state index < -0.39 is 0 Å². The van der Waals surface area contributed by atoms with Gasteiger partial charge >= 0.3 is 0 Å². The zero-order chi connectivity index (χ0) is 9.42. The van der Waals surface area contributed by atoms with Gasteiger partial charge in [0.05, 0.1) is 9.67 Å². The molecule has 0 spiro atoms. The minimum absolute atomic E-state index is 0.133. The van der Waals surface area contributed by atoms with Crippen LogP contribution < -0.4 is 10.5 Å². The first-order valence-corrected chi connectivity index (χ1v) is 5.47. The molecule has 2 unspecified atom stereocenters. The Bertz CT molecular complexity index is 327. The lowest BCUT2D eigenvalue weighted by Crippen LogP contribution is -2.27. The predicted molar refractivity (Wildman–Crippen MR) is 60.8 cm³/mol. The van der Waals surface area contributed by atoms with E-state index in [1.54, 1.807) is 0 Å². The van der Waals surface area contributed by atoms with E-state index in [9.17, 15) is 0 Å². The van der Waals surface area contributed by atoms with Crippen molar-refractivity contribution < 1.29 is 4.74 Å². The van der Waals surface area contributed by atoms with Crippen molar-refractivity contribution in [1.82, 2.24) is 0 Å². The molecule has 0 bridgehead atoms. The quantitative estimate of drug-likeness (QED) is 0.745. The lowest BCUT2D eigenvalue weighted by molar-refractivity contribution is 0.175. The number of fused-ring (bicyclic) bond motifs is 1. The zero-order valence-electron chi connectivity index (χ0n) is 7.46. The normalized spacial score (nSPS) is 26.4. The summed E-state index contributed by atoms with van der Waals surface area (Å²) in [5.74, 6) is 0.981. The third-order valence-electron chi connectivity index (χ3n) is 2.30. The van der Waals surface area contributed by atoms with Crippen LogP contribution >= 0.6 is 22.6 Å². The van der Waals surface area contributed by atoms with E-state index in [1.165, 1.54) is 0 Å². The highest BCUT2D eigenvalue weighted by atomic mass is 127. The predicted octanol–water partition coefficient (Wildman–Crippen LogP) is 2.46. The van der Waals surface area contributed by atoms with Crippen LogP contribution in [0.4, 0.5) is 0 Å². The Morgan fingerprint density at radius 2 is 2.31 bits per heavy atom. The second kappa shape index (κ2) is 3.46. The molecule has 0 aliphatic carbocycles. The highest BCUT2D eigenvalue weighted by Crippen LogP contribution is 2.36. The summed E-state index contributed by atoms with van der Waals surface area (Å²) in [6.07, 6.45) is 1.14. The lowest BCUT2D eigenvalue weighted by Gasteiger charge is -2.28. The first-order chi connectivity index (χ1) is 6.18. The van der Waals surface area contributed by atoms with Gasteiger partial charge in [0.15, 0.2) is 0 Å². The number of hydrogen-bond donors (Lipinski definition) is 1. The van der Waals surface area contributed by atoms with Crippen LogP contribution in [0.2, 0.25) is 0 Å². The Balaban J connectivity index is 2.49. The third-order valence-corrected chi connectivity index (χ3v) is 3.15. The number of halogens is 1. The van der Waals surface area contributed by atoms with Gasteiger partial charge in [-0.25, -0.2) is 0 Å². The van der Waals surface area contributed by atoms with Crippen LogP contribution in [0.25, 0.3) is 0 Å². The molecular formula is C10H12INO. The number of benzene rings is 1. The molecule has 0 saturated heterocycles. The van der Waals surface area contributed by atoms with Gasteiger partial charge in [-0.2, -0.15) is 0 Å². The van der Waals surface area contributed by atoms with Gasteiger partial charge in [0.1, 0.15) is 5.75 Å². The Kier molecular flexibility index (Phi) is 2.47. The molecular weight excluding hydrogens is 277 g/mol. The molecule has 3 heteroatoms. The monoisotopic (exact) mass is 289 g/mol. The van der Waals surface area contributed by atoms with Crippen molar-refractivity contribution >= 4 is 22.6 Å². The first kappa shape index (κ1) is 9.27. The van der Waals surface area contributed by atoms with Gasteiger partial charge in [0.2, 0.25) is 0 Å². The summed E-state index contributed by atoms with van der Waals surface area (Å²) in [5, 5.41) is 0. The van der Waals surface area contributed by atoms with Crippen LogP contribution in [0.5, 0.6) is 5.75 Å². The van der Waals surface area contributed by atoms with E-state index in [-0.39, 0.29) is 12.1 Å². The fraction of sp³-hybridized carbons (Fsp3) is 0.400. The molecule has 0 fully saturated rings. The summed E-state index contributed by atoms with van der Waals surface area (Å²) >= 11 is 2.28. The maximum atomic E-state index is 6.02. The zero-order valence-corrected chi connectivity index (χ0v) is 9.61. The minimum Gasteiger partial charge on any atom is -0.489 e. The van der Waals surface area contributed by atoms with E-state index in [4.69, 9.17) is 10.5 Å². The molecule has 1 heterocycles. The maximum Gasteiger partial charge on any atom is 0.137 e. The Morgan fingerprint density at radius 1 is 1.54 bits per heavy atom. The van der Waals surface area contributed by atoms with Crippen LogP contribution in [0.1, 0.15) is 24.9 Å². The van der Waals surface area contributed by atoms with Gasteiger partial charge in [-0.3, -0.25) is 0 Å². The molecule has 0 saturated carbocycles. The van der Waals surface area contributed by atoms with Crippen molar-refractivity contribution in [3.05, 3.63) is 27.3 Å². The van der Waals surface area contributed by atoms with E-state index >= 15 is 0 Å². The van der Waals surface area contributed by atoms with Crippen molar-refractivity contribution in [2.24, 2.45) is 5.73 Å². The van der Waals surface area contributed by atoms with E-state index in [1.807, 2.05) is 18.2 Å². The average Bonchev–Trinajstić information content (AvgIpc) is 2.07. The van der Waals surface area contributed by atoms with Crippen LogP contribution in [-0.2, 0) is 0 Å². The van der Waals surface area contributed by atoms with E-state index in [0.29, 0.717) is 0 Å². The number of rotatable bonds is 0. The fourth-order valence-electron chi connectivity index (χ4n) is 1.68. The minimum atomic E-state index is 0.133. The van der Waals surface area contributed by atoms with Crippen molar-refractivity contribution in [3.63, 3.8) is 0 Å². The van der Waals surface area contributed by atoms with E-state index in [0.717, 1.165) is 21.3 Å². The molecule has 1 aromatic carbocycles. The Hall–Kier alpha value is -0.290. The molecule has 0 amide bonds. The molecule has 2 nitrogen and oxygen atoms in total. The first-order valence-electron chi connectivity index (χ1n) is 4.39. The highest BCUT2D eigenvalue weighted by Gasteiger charge is 2.24. The Labute approximate surface area is 91.6 Å². The largest absolute Gasteiger partial charge is 0.489 e. The molecule has 2 atom stereocenters. The maximum absolute atomic E-state index is 6.02. The van der Waals surface area contributed by atoms with Crippen LogP contribution in [0, 0.1) is 3.57 Å². The molecule has 0 radical (unpaired) electrons. The molecule has 1 aromatic rings. The number of nitrogens with two attached hydrogens (primary N) is 1. The van der Waals surface area contributed by atoms with Crippen LogP contribution in [0.15, 0.2) is 18.2 Å². The highest BCUT2D eigenvalue weighted by molar-refractivity contribution is 14.1. The molecule has 2 N–H and O–H groups in total. The van der Waals surface area contributed by atoms with Gasteiger partial charge < -0.3 is 10.5 Å². The van der Waals surface area contributed by atoms with Gasteiger partial charge in [-0.15, -0.1) is 0 Å². The third kappa shape index (κ3) is 1.67. The lowest BCUT2D eigenvalue weighted by atomic mass is 9.98. The van der Waals surface area contributed by atoms with Crippen molar-refractivity contribution in [3.8, 4) is 5.75 Å². The molecule has 70 valence electrons. The van der Waals surface area contributed by atoms with Gasteiger partial charge in [-0.05, 0) is 35.6 Å². The topological polar surface area (TPSA) is 35.2 Å². The van der Waals surface area contributed by atoms with Crippen LogP contribution in [0.3, 0.4) is 0 Å². The fourth-order valence-corrected chi connectivity index (χ4v) is 2.32. The average molecular weight is 289 g/mol. The summed E-state index contributed by atoms with van der Waals surface area (Å²) in [7, 11) is 0. The van der Waals surface area contributed by atoms with Crippen molar-refractivity contribution in [2.45, 2.75) is 25.5 Å². The summed E-state index contributed by atoms with van der Waals surface area (Å²) in [6, 6.07) is 6.26. The molecule has 1 aliphatic rings. The number of para-hydroxylation sites is 1. The summed E-state index contributed by atoms with van der Waals surface area (Å²) in [5.41, 5.74) is 7.17. The summed E-state index contributed by atoms with van der Waals surface area (Å²) in [4.78, 5) is 0. The molecule has 2 rings (SSSR count). The second-order valence-corrected chi connectivity index (χ2v) is 4.59. The second-order valence-electron chi connectivity index (χ2n) is 3.43. The molecule has 13 heavy (non-hydrogen) atoms. The molecule has 1 aliphatic heterocycles. The summed E-state index contributed by atoms with van der Waals surface area (Å²) < 4.78 is 6.90.